The molecule has 1 N–H and O–H groups in total. The molecule has 1 atom stereocenters. The van der Waals surface area contributed by atoms with Crippen LogP contribution in [0.3, 0.4) is 0 Å². The van der Waals surface area contributed by atoms with Crippen LogP contribution in [0.2, 0.25) is 0 Å². The van der Waals surface area contributed by atoms with E-state index in [1.165, 1.54) is 5.56 Å². The summed E-state index contributed by atoms with van der Waals surface area (Å²) in [6, 6.07) is 12.8. The van der Waals surface area contributed by atoms with Gasteiger partial charge in [0.1, 0.15) is 6.33 Å². The van der Waals surface area contributed by atoms with Crippen molar-refractivity contribution in [2.45, 2.75) is 25.9 Å². The number of rotatable bonds is 5. The molecule has 0 radical (unpaired) electrons. The molecule has 0 bridgehead atoms. The maximum Gasteiger partial charge on any atom is 0.115 e. The largest absolute Gasteiger partial charge is 0.304 e. The van der Waals surface area contributed by atoms with Gasteiger partial charge >= 0.3 is 0 Å². The number of benzene rings is 1. The average Bonchev–Trinajstić information content (AvgIpc) is 2.42. The molecule has 1 unspecified atom stereocenters. The van der Waals surface area contributed by atoms with Crippen molar-refractivity contribution in [3.63, 3.8) is 0 Å². The molecule has 0 saturated carbocycles. The third-order valence-corrected chi connectivity index (χ3v) is 2.78. The molecule has 3 nitrogen and oxygen atoms in total. The van der Waals surface area contributed by atoms with Gasteiger partial charge in [0.15, 0.2) is 0 Å². The summed E-state index contributed by atoms with van der Waals surface area (Å²) in [6.45, 7) is 2.96. The van der Waals surface area contributed by atoms with Gasteiger partial charge in [0.05, 0.1) is 5.69 Å². The summed E-state index contributed by atoms with van der Waals surface area (Å²) in [6.07, 6.45) is 4.42. The minimum absolute atomic E-state index is 0.381. The number of nitrogens with one attached hydrogen (secondary N) is 1. The zero-order valence-electron chi connectivity index (χ0n) is 10.0. The first-order valence-electron chi connectivity index (χ1n) is 5.93. The Hall–Kier alpha value is -1.74. The summed E-state index contributed by atoms with van der Waals surface area (Å²) < 4.78 is 0. The Bertz CT molecular complexity index is 428. The molecule has 0 aliphatic heterocycles. The van der Waals surface area contributed by atoms with Crippen molar-refractivity contribution >= 4 is 0 Å². The lowest BCUT2D eigenvalue weighted by Gasteiger charge is -2.16. The summed E-state index contributed by atoms with van der Waals surface area (Å²) >= 11 is 0. The second-order valence-corrected chi connectivity index (χ2v) is 3.95. The molecular weight excluding hydrogens is 210 g/mol. The van der Waals surface area contributed by atoms with E-state index in [9.17, 15) is 0 Å². The lowest BCUT2D eigenvalue weighted by molar-refractivity contribution is 0.514. The van der Waals surface area contributed by atoms with Crippen LogP contribution in [0.4, 0.5) is 0 Å². The van der Waals surface area contributed by atoms with Gasteiger partial charge in [-0.25, -0.2) is 9.97 Å². The molecule has 0 fully saturated rings. The SMILES string of the molecule is CCC(NCc1ccncn1)c1ccccc1. The normalized spacial score (nSPS) is 12.3. The van der Waals surface area contributed by atoms with Crippen molar-refractivity contribution in [3.8, 4) is 0 Å². The third kappa shape index (κ3) is 3.36. The fraction of sp³-hybridized carbons (Fsp3) is 0.286. The maximum atomic E-state index is 4.21. The summed E-state index contributed by atoms with van der Waals surface area (Å²) in [4.78, 5) is 8.12. The Balaban J connectivity index is 1.97. The monoisotopic (exact) mass is 227 g/mol. The van der Waals surface area contributed by atoms with E-state index in [2.05, 4.69) is 46.5 Å². The molecule has 17 heavy (non-hydrogen) atoms. The van der Waals surface area contributed by atoms with Crippen LogP contribution in [0.25, 0.3) is 0 Å². The highest BCUT2D eigenvalue weighted by Crippen LogP contribution is 2.16. The number of nitrogens with zero attached hydrogens (tertiary/aromatic N) is 2. The van der Waals surface area contributed by atoms with E-state index in [1.807, 2.05) is 12.1 Å². The van der Waals surface area contributed by atoms with Gasteiger partial charge in [-0.1, -0.05) is 37.3 Å². The molecular formula is C14H17N3. The topological polar surface area (TPSA) is 37.8 Å². The van der Waals surface area contributed by atoms with Crippen LogP contribution in [0, 0.1) is 0 Å². The van der Waals surface area contributed by atoms with E-state index in [4.69, 9.17) is 0 Å². The Morgan fingerprint density at radius 2 is 2.00 bits per heavy atom. The highest BCUT2D eigenvalue weighted by Gasteiger charge is 2.07. The number of hydrogen-bond acceptors (Lipinski definition) is 3. The lowest BCUT2D eigenvalue weighted by Crippen LogP contribution is -2.20. The van der Waals surface area contributed by atoms with Crippen LogP contribution >= 0.6 is 0 Å². The van der Waals surface area contributed by atoms with Gasteiger partial charge in [-0.3, -0.25) is 0 Å². The molecule has 0 aliphatic rings. The van der Waals surface area contributed by atoms with Crippen LogP contribution in [0.1, 0.15) is 30.6 Å². The second-order valence-electron chi connectivity index (χ2n) is 3.95. The minimum Gasteiger partial charge on any atom is -0.304 e. The summed E-state index contributed by atoms with van der Waals surface area (Å²) in [5.41, 5.74) is 2.35. The van der Waals surface area contributed by atoms with Crippen LogP contribution in [0.5, 0.6) is 0 Å². The summed E-state index contributed by atoms with van der Waals surface area (Å²) in [5, 5.41) is 3.51. The van der Waals surface area contributed by atoms with Gasteiger partial charge in [-0.15, -0.1) is 0 Å². The highest BCUT2D eigenvalue weighted by molar-refractivity contribution is 5.18. The first kappa shape index (κ1) is 11.7. The third-order valence-electron chi connectivity index (χ3n) is 2.78. The summed E-state index contributed by atoms with van der Waals surface area (Å²) in [5.74, 6) is 0. The van der Waals surface area contributed by atoms with Crippen molar-refractivity contribution in [2.75, 3.05) is 0 Å². The van der Waals surface area contributed by atoms with E-state index in [-0.39, 0.29) is 0 Å². The molecule has 3 heteroatoms. The summed E-state index contributed by atoms with van der Waals surface area (Å²) in [7, 11) is 0. The van der Waals surface area contributed by atoms with Crippen molar-refractivity contribution in [2.24, 2.45) is 0 Å². The molecule has 0 spiro atoms. The van der Waals surface area contributed by atoms with E-state index < -0.39 is 0 Å². The van der Waals surface area contributed by atoms with E-state index in [0.717, 1.165) is 18.7 Å². The van der Waals surface area contributed by atoms with Crippen LogP contribution in [0.15, 0.2) is 48.9 Å². The Kier molecular flexibility index (Phi) is 4.22. The van der Waals surface area contributed by atoms with Gasteiger partial charge in [-0.2, -0.15) is 0 Å². The zero-order valence-corrected chi connectivity index (χ0v) is 10.0. The maximum absolute atomic E-state index is 4.21. The Morgan fingerprint density at radius 3 is 2.65 bits per heavy atom. The van der Waals surface area contributed by atoms with Crippen LogP contribution in [-0.4, -0.2) is 9.97 Å². The minimum atomic E-state index is 0.381. The molecule has 2 rings (SSSR count). The molecule has 0 saturated heterocycles. The van der Waals surface area contributed by atoms with Crippen LogP contribution < -0.4 is 5.32 Å². The second kappa shape index (κ2) is 6.11. The van der Waals surface area contributed by atoms with Crippen molar-refractivity contribution in [3.05, 3.63) is 60.2 Å². The van der Waals surface area contributed by atoms with Gasteiger partial charge in [0.25, 0.3) is 0 Å². The van der Waals surface area contributed by atoms with E-state index in [1.54, 1.807) is 12.5 Å². The predicted molar refractivity (Wildman–Crippen MR) is 68.3 cm³/mol. The zero-order chi connectivity index (χ0) is 11.9. The van der Waals surface area contributed by atoms with Gasteiger partial charge in [0, 0.05) is 18.8 Å². The Labute approximate surface area is 102 Å². The number of aromatic nitrogens is 2. The van der Waals surface area contributed by atoms with Gasteiger partial charge in [0.2, 0.25) is 0 Å². The molecule has 0 aliphatic carbocycles. The number of hydrogen-bond donors (Lipinski definition) is 1. The Morgan fingerprint density at radius 1 is 1.18 bits per heavy atom. The predicted octanol–water partition coefficient (Wildman–Crippen LogP) is 2.72. The lowest BCUT2D eigenvalue weighted by atomic mass is 10.0. The molecule has 1 aromatic carbocycles. The molecule has 1 aromatic heterocycles. The van der Waals surface area contributed by atoms with Crippen molar-refractivity contribution < 1.29 is 0 Å². The standard InChI is InChI=1S/C14H17N3/c1-2-14(12-6-4-3-5-7-12)16-10-13-8-9-15-11-17-13/h3-9,11,14,16H,2,10H2,1H3. The van der Waals surface area contributed by atoms with E-state index in [0.29, 0.717) is 6.04 Å². The van der Waals surface area contributed by atoms with Crippen molar-refractivity contribution in [1.29, 1.82) is 0 Å². The molecule has 0 amide bonds. The van der Waals surface area contributed by atoms with Gasteiger partial charge < -0.3 is 5.32 Å². The average molecular weight is 227 g/mol. The highest BCUT2D eigenvalue weighted by atomic mass is 14.9. The first-order valence-corrected chi connectivity index (χ1v) is 5.93. The molecule has 1 heterocycles. The quantitative estimate of drug-likeness (QED) is 0.853. The van der Waals surface area contributed by atoms with Gasteiger partial charge in [-0.05, 0) is 18.1 Å². The van der Waals surface area contributed by atoms with Crippen LogP contribution in [-0.2, 0) is 6.54 Å². The molecule has 2 aromatic rings. The van der Waals surface area contributed by atoms with E-state index >= 15 is 0 Å². The van der Waals surface area contributed by atoms with Crippen molar-refractivity contribution in [1.82, 2.24) is 15.3 Å². The fourth-order valence-electron chi connectivity index (χ4n) is 1.83. The fourth-order valence-corrected chi connectivity index (χ4v) is 1.83. The smallest absolute Gasteiger partial charge is 0.115 e. The molecule has 88 valence electrons. The first-order chi connectivity index (χ1) is 8.40.